The summed E-state index contributed by atoms with van der Waals surface area (Å²) in [5, 5.41) is 0. The quantitative estimate of drug-likeness (QED) is 0.584. The van der Waals surface area contributed by atoms with Crippen LogP contribution in [0.1, 0.15) is 33.1 Å². The van der Waals surface area contributed by atoms with Gasteiger partial charge in [0.15, 0.2) is 0 Å². The first-order chi connectivity index (χ1) is 5.66. The monoisotopic (exact) mass is 171 g/mol. The van der Waals surface area contributed by atoms with E-state index in [1.807, 2.05) is 0 Å². The third kappa shape index (κ3) is 1.08. The molecule has 0 aromatic heterocycles. The maximum absolute atomic E-state index is 13.2. The molecule has 0 aromatic rings. The van der Waals surface area contributed by atoms with Crippen molar-refractivity contribution >= 4 is 0 Å². The van der Waals surface area contributed by atoms with Crippen molar-refractivity contribution in [3.8, 4) is 0 Å². The van der Waals surface area contributed by atoms with Crippen LogP contribution in [0.2, 0.25) is 0 Å². The van der Waals surface area contributed by atoms with Crippen LogP contribution in [0.5, 0.6) is 0 Å². The topological polar surface area (TPSA) is 3.24 Å². The Hall–Kier alpha value is -0.110. The van der Waals surface area contributed by atoms with E-state index in [0.29, 0.717) is 6.54 Å². The van der Waals surface area contributed by atoms with E-state index in [4.69, 9.17) is 0 Å². The molecule has 2 aliphatic heterocycles. The van der Waals surface area contributed by atoms with E-state index in [1.165, 1.54) is 6.42 Å². The molecule has 0 aromatic carbocycles. The summed E-state index contributed by atoms with van der Waals surface area (Å²) in [5.74, 6) is 0.775. The van der Waals surface area contributed by atoms with Crippen molar-refractivity contribution in [1.29, 1.82) is 0 Å². The molecule has 2 aliphatic rings. The molecule has 2 heterocycles. The van der Waals surface area contributed by atoms with Gasteiger partial charge in [-0.25, -0.2) is 4.39 Å². The minimum absolute atomic E-state index is 0.249. The van der Waals surface area contributed by atoms with E-state index in [-0.39, 0.29) is 5.54 Å². The summed E-state index contributed by atoms with van der Waals surface area (Å²) < 4.78 is 13.2. The molecule has 70 valence electrons. The number of hydrogen-bond acceptors (Lipinski definition) is 1. The molecular weight excluding hydrogens is 153 g/mol. The van der Waals surface area contributed by atoms with Crippen molar-refractivity contribution in [3.05, 3.63) is 0 Å². The van der Waals surface area contributed by atoms with Gasteiger partial charge < -0.3 is 0 Å². The van der Waals surface area contributed by atoms with Gasteiger partial charge in [-0.3, -0.25) is 4.90 Å². The molecule has 0 N–H and O–H groups in total. The van der Waals surface area contributed by atoms with Gasteiger partial charge in [0, 0.05) is 18.6 Å². The summed E-state index contributed by atoms with van der Waals surface area (Å²) >= 11 is 0. The molecule has 0 saturated carbocycles. The van der Waals surface area contributed by atoms with E-state index >= 15 is 0 Å². The molecule has 0 bridgehead atoms. The molecule has 0 aliphatic carbocycles. The lowest BCUT2D eigenvalue weighted by atomic mass is 9.88. The molecular formula is C10H18FN. The molecule has 3 atom stereocenters. The van der Waals surface area contributed by atoms with E-state index in [0.717, 1.165) is 25.3 Å². The third-order valence-electron chi connectivity index (χ3n) is 3.61. The van der Waals surface area contributed by atoms with Crippen molar-refractivity contribution in [2.24, 2.45) is 5.92 Å². The first-order valence-corrected chi connectivity index (χ1v) is 5.05. The van der Waals surface area contributed by atoms with Crippen molar-refractivity contribution in [1.82, 2.24) is 4.90 Å². The fourth-order valence-electron chi connectivity index (χ4n) is 3.12. The molecule has 0 unspecified atom stereocenters. The summed E-state index contributed by atoms with van der Waals surface area (Å²) in [6.45, 7) is 6.29. The number of halogens is 1. The van der Waals surface area contributed by atoms with E-state index in [9.17, 15) is 4.39 Å². The molecule has 0 amide bonds. The zero-order valence-corrected chi connectivity index (χ0v) is 8.02. The summed E-state index contributed by atoms with van der Waals surface area (Å²) in [7, 11) is 0. The summed E-state index contributed by atoms with van der Waals surface area (Å²) in [4.78, 5) is 2.38. The average Bonchev–Trinajstić information content (AvgIpc) is 2.40. The largest absolute Gasteiger partial charge is 0.294 e. The van der Waals surface area contributed by atoms with Gasteiger partial charge in [0.05, 0.1) is 0 Å². The molecule has 2 rings (SSSR count). The second kappa shape index (κ2) is 2.69. The first kappa shape index (κ1) is 8.49. The van der Waals surface area contributed by atoms with Crippen LogP contribution < -0.4 is 0 Å². The van der Waals surface area contributed by atoms with Gasteiger partial charge >= 0.3 is 0 Å². The van der Waals surface area contributed by atoms with Crippen molar-refractivity contribution in [2.45, 2.75) is 44.8 Å². The highest BCUT2D eigenvalue weighted by molar-refractivity contribution is 5.04. The lowest BCUT2D eigenvalue weighted by Crippen LogP contribution is -2.37. The van der Waals surface area contributed by atoms with E-state index < -0.39 is 6.17 Å². The lowest BCUT2D eigenvalue weighted by Gasteiger charge is -2.29. The second-order valence-electron chi connectivity index (χ2n) is 4.59. The second-order valence-corrected chi connectivity index (χ2v) is 4.59. The maximum Gasteiger partial charge on any atom is 0.115 e. The highest BCUT2D eigenvalue weighted by Crippen LogP contribution is 2.44. The van der Waals surface area contributed by atoms with Gasteiger partial charge in [-0.2, -0.15) is 0 Å². The van der Waals surface area contributed by atoms with Crippen LogP contribution in [-0.4, -0.2) is 29.7 Å². The van der Waals surface area contributed by atoms with Crippen LogP contribution >= 0.6 is 0 Å². The van der Waals surface area contributed by atoms with E-state index in [1.54, 1.807) is 0 Å². The Bertz CT molecular complexity index is 167. The van der Waals surface area contributed by atoms with Gasteiger partial charge in [-0.05, 0) is 25.2 Å². The Morgan fingerprint density at radius 2 is 2.17 bits per heavy atom. The number of fused-ring (bicyclic) bond motifs is 1. The standard InChI is InChI=1S/C10H18FN/c1-3-10-4-8(2)6-12(10)7-9(11)5-10/h8-9H,3-7H2,1-2H3/t8-,9+,10-/m0/s1. The third-order valence-corrected chi connectivity index (χ3v) is 3.61. The molecule has 2 saturated heterocycles. The lowest BCUT2D eigenvalue weighted by molar-refractivity contribution is 0.189. The van der Waals surface area contributed by atoms with Gasteiger partial charge in [-0.15, -0.1) is 0 Å². The molecule has 2 heteroatoms. The fraction of sp³-hybridized carbons (Fsp3) is 1.00. The zero-order chi connectivity index (χ0) is 8.77. The van der Waals surface area contributed by atoms with Crippen LogP contribution in [-0.2, 0) is 0 Å². The normalized spacial score (nSPS) is 48.2. The van der Waals surface area contributed by atoms with Crippen LogP contribution in [0.4, 0.5) is 4.39 Å². The number of hydrogen-bond donors (Lipinski definition) is 0. The van der Waals surface area contributed by atoms with Crippen molar-refractivity contribution < 1.29 is 4.39 Å². The number of rotatable bonds is 1. The van der Waals surface area contributed by atoms with Gasteiger partial charge in [0.25, 0.3) is 0 Å². The number of alkyl halides is 1. The summed E-state index contributed by atoms with van der Waals surface area (Å²) in [6, 6.07) is 0. The Morgan fingerprint density at radius 1 is 1.42 bits per heavy atom. The zero-order valence-electron chi connectivity index (χ0n) is 8.02. The predicted molar refractivity (Wildman–Crippen MR) is 47.9 cm³/mol. The predicted octanol–water partition coefficient (Wildman–Crippen LogP) is 2.22. The molecule has 0 spiro atoms. The van der Waals surface area contributed by atoms with Crippen LogP contribution in [0.3, 0.4) is 0 Å². The van der Waals surface area contributed by atoms with E-state index in [2.05, 4.69) is 18.7 Å². The minimum atomic E-state index is -0.558. The molecule has 12 heavy (non-hydrogen) atoms. The Kier molecular flexibility index (Phi) is 1.90. The highest BCUT2D eigenvalue weighted by atomic mass is 19.1. The molecule has 1 nitrogen and oxygen atoms in total. The van der Waals surface area contributed by atoms with Crippen LogP contribution in [0.15, 0.2) is 0 Å². The Balaban J connectivity index is 2.16. The van der Waals surface area contributed by atoms with Crippen LogP contribution in [0.25, 0.3) is 0 Å². The molecule has 0 radical (unpaired) electrons. The highest BCUT2D eigenvalue weighted by Gasteiger charge is 2.49. The number of nitrogens with zero attached hydrogens (tertiary/aromatic N) is 1. The minimum Gasteiger partial charge on any atom is -0.294 e. The Morgan fingerprint density at radius 3 is 2.75 bits per heavy atom. The van der Waals surface area contributed by atoms with Crippen LogP contribution in [0, 0.1) is 5.92 Å². The average molecular weight is 171 g/mol. The van der Waals surface area contributed by atoms with Crippen molar-refractivity contribution in [2.75, 3.05) is 13.1 Å². The van der Waals surface area contributed by atoms with Gasteiger partial charge in [-0.1, -0.05) is 13.8 Å². The maximum atomic E-state index is 13.2. The first-order valence-electron chi connectivity index (χ1n) is 5.05. The van der Waals surface area contributed by atoms with Crippen molar-refractivity contribution in [3.63, 3.8) is 0 Å². The summed E-state index contributed by atoms with van der Waals surface area (Å²) in [5.41, 5.74) is 0.249. The molecule has 2 fully saturated rings. The van der Waals surface area contributed by atoms with Gasteiger partial charge in [0.1, 0.15) is 6.17 Å². The summed E-state index contributed by atoms with van der Waals surface area (Å²) in [6.07, 6.45) is 2.56. The fourth-order valence-corrected chi connectivity index (χ4v) is 3.12. The van der Waals surface area contributed by atoms with Gasteiger partial charge in [0.2, 0.25) is 0 Å². The Labute approximate surface area is 73.9 Å². The SMILES string of the molecule is CC[C@@]12C[C@H](C)CN1C[C@H](F)C2. The smallest absolute Gasteiger partial charge is 0.115 e.